The summed E-state index contributed by atoms with van der Waals surface area (Å²) in [6, 6.07) is -0.384. The molecule has 2 rings (SSSR count). The number of piperidine rings is 2. The molecule has 2 heterocycles. The fourth-order valence-corrected chi connectivity index (χ4v) is 3.14. The molecular weight excluding hydrogens is 244 g/mol. The van der Waals surface area contributed by atoms with Crippen LogP contribution in [0.25, 0.3) is 0 Å². The predicted molar refractivity (Wildman–Crippen MR) is 71.6 cm³/mol. The van der Waals surface area contributed by atoms with Gasteiger partial charge in [-0.1, -0.05) is 0 Å². The Balaban J connectivity index is 2.12. The highest BCUT2D eigenvalue weighted by molar-refractivity contribution is 5.88. The number of amides is 1. The Labute approximate surface area is 114 Å². The molecule has 2 aliphatic rings. The van der Waals surface area contributed by atoms with Crippen molar-refractivity contribution in [2.24, 2.45) is 5.41 Å². The van der Waals surface area contributed by atoms with E-state index in [1.54, 1.807) is 4.90 Å². The predicted octanol–water partition coefficient (Wildman–Crippen LogP) is 0.930. The minimum absolute atomic E-state index is 0.106. The van der Waals surface area contributed by atoms with Gasteiger partial charge in [-0.15, -0.1) is 0 Å². The van der Waals surface area contributed by atoms with Gasteiger partial charge in [0.2, 0.25) is 5.91 Å². The molecule has 19 heavy (non-hydrogen) atoms. The van der Waals surface area contributed by atoms with Crippen LogP contribution in [0, 0.1) is 5.41 Å². The first-order valence-corrected chi connectivity index (χ1v) is 7.18. The van der Waals surface area contributed by atoms with Gasteiger partial charge in [0.05, 0.1) is 12.5 Å². The van der Waals surface area contributed by atoms with Crippen molar-refractivity contribution in [3.8, 4) is 0 Å². The van der Waals surface area contributed by atoms with Crippen molar-refractivity contribution in [1.82, 2.24) is 10.2 Å². The van der Waals surface area contributed by atoms with E-state index in [4.69, 9.17) is 4.74 Å². The smallest absolute Gasteiger partial charge is 0.328 e. The van der Waals surface area contributed by atoms with E-state index >= 15 is 0 Å². The lowest BCUT2D eigenvalue weighted by atomic mass is 9.80. The molecule has 2 saturated heterocycles. The highest BCUT2D eigenvalue weighted by atomic mass is 16.5. The highest BCUT2D eigenvalue weighted by Gasteiger charge is 2.42. The molecule has 0 spiro atoms. The van der Waals surface area contributed by atoms with Gasteiger partial charge < -0.3 is 15.0 Å². The van der Waals surface area contributed by atoms with Crippen LogP contribution in [0.5, 0.6) is 0 Å². The van der Waals surface area contributed by atoms with Gasteiger partial charge in [0.25, 0.3) is 0 Å². The van der Waals surface area contributed by atoms with Crippen LogP contribution in [0.4, 0.5) is 0 Å². The number of nitrogens with zero attached hydrogens (tertiary/aromatic N) is 1. The quantitative estimate of drug-likeness (QED) is 0.757. The average molecular weight is 268 g/mol. The second kappa shape index (κ2) is 5.90. The number of ether oxygens (including phenoxy) is 1. The van der Waals surface area contributed by atoms with Gasteiger partial charge in [0.15, 0.2) is 0 Å². The zero-order valence-corrected chi connectivity index (χ0v) is 11.9. The molecule has 1 amide bonds. The largest absolute Gasteiger partial charge is 0.467 e. The first-order chi connectivity index (χ1) is 9.08. The molecule has 0 aromatic rings. The van der Waals surface area contributed by atoms with Crippen LogP contribution in [-0.2, 0) is 14.3 Å². The molecule has 2 unspecified atom stereocenters. The summed E-state index contributed by atoms with van der Waals surface area (Å²) in [5.41, 5.74) is -0.373. The van der Waals surface area contributed by atoms with Crippen LogP contribution < -0.4 is 5.32 Å². The standard InChI is InChI=1S/C14H24N2O3/c1-14(7-5-8-15-10-14)13(18)16-9-4-3-6-11(16)12(17)19-2/h11,15H,3-10H2,1-2H3. The molecule has 0 aromatic heterocycles. The lowest BCUT2D eigenvalue weighted by Gasteiger charge is -2.41. The highest BCUT2D eigenvalue weighted by Crippen LogP contribution is 2.31. The summed E-state index contributed by atoms with van der Waals surface area (Å²) in [5, 5.41) is 3.29. The zero-order chi connectivity index (χ0) is 13.9. The van der Waals surface area contributed by atoms with Crippen LogP contribution in [0.3, 0.4) is 0 Å². The second-order valence-electron chi connectivity index (χ2n) is 5.87. The topological polar surface area (TPSA) is 58.6 Å². The molecule has 1 N–H and O–H groups in total. The van der Waals surface area contributed by atoms with Gasteiger partial charge in [-0.2, -0.15) is 0 Å². The van der Waals surface area contributed by atoms with Crippen molar-refractivity contribution in [3.05, 3.63) is 0 Å². The number of rotatable bonds is 2. The third-order valence-electron chi connectivity index (χ3n) is 4.35. The number of esters is 1. The number of methoxy groups -OCH3 is 1. The first kappa shape index (κ1) is 14.3. The summed E-state index contributed by atoms with van der Waals surface area (Å²) in [6.07, 6.45) is 4.59. The summed E-state index contributed by atoms with van der Waals surface area (Å²) in [6.45, 7) is 4.36. The van der Waals surface area contributed by atoms with E-state index in [0.717, 1.165) is 38.6 Å². The lowest BCUT2D eigenvalue weighted by Crippen LogP contribution is -2.56. The Hall–Kier alpha value is -1.10. The Bertz CT molecular complexity index is 351. The number of likely N-dealkylation sites (tertiary alicyclic amines) is 1. The molecule has 5 nitrogen and oxygen atoms in total. The van der Waals surface area contributed by atoms with E-state index in [-0.39, 0.29) is 23.3 Å². The van der Waals surface area contributed by atoms with Gasteiger partial charge in [0.1, 0.15) is 6.04 Å². The average Bonchev–Trinajstić information content (AvgIpc) is 2.46. The van der Waals surface area contributed by atoms with Gasteiger partial charge in [-0.25, -0.2) is 4.79 Å². The molecule has 0 aliphatic carbocycles. The van der Waals surface area contributed by atoms with Gasteiger partial charge >= 0.3 is 5.97 Å². The first-order valence-electron chi connectivity index (χ1n) is 7.18. The number of nitrogens with one attached hydrogen (secondary N) is 1. The third-order valence-corrected chi connectivity index (χ3v) is 4.35. The Morgan fingerprint density at radius 3 is 2.74 bits per heavy atom. The summed E-state index contributed by atoms with van der Waals surface area (Å²) in [7, 11) is 1.39. The van der Waals surface area contributed by atoms with Crippen molar-refractivity contribution < 1.29 is 14.3 Å². The maximum Gasteiger partial charge on any atom is 0.328 e. The lowest BCUT2D eigenvalue weighted by molar-refractivity contribution is -0.159. The van der Waals surface area contributed by atoms with Crippen molar-refractivity contribution >= 4 is 11.9 Å². The van der Waals surface area contributed by atoms with E-state index in [1.807, 2.05) is 6.92 Å². The molecular formula is C14H24N2O3. The monoisotopic (exact) mass is 268 g/mol. The van der Waals surface area contributed by atoms with Crippen LogP contribution >= 0.6 is 0 Å². The molecule has 0 radical (unpaired) electrons. The van der Waals surface area contributed by atoms with Gasteiger partial charge in [-0.3, -0.25) is 4.79 Å². The van der Waals surface area contributed by atoms with Crippen molar-refractivity contribution in [2.75, 3.05) is 26.7 Å². The number of carbonyl (C=O) groups is 2. The summed E-state index contributed by atoms with van der Waals surface area (Å²) >= 11 is 0. The van der Waals surface area contributed by atoms with Crippen LogP contribution in [0.15, 0.2) is 0 Å². The van der Waals surface area contributed by atoms with Gasteiger partial charge in [-0.05, 0) is 45.6 Å². The molecule has 5 heteroatoms. The summed E-state index contributed by atoms with van der Waals surface area (Å²) < 4.78 is 4.84. The normalized spacial score (nSPS) is 31.9. The number of carbonyl (C=O) groups excluding carboxylic acids is 2. The Kier molecular flexibility index (Phi) is 4.45. The van der Waals surface area contributed by atoms with Crippen LogP contribution in [0.1, 0.15) is 39.0 Å². The van der Waals surface area contributed by atoms with Crippen molar-refractivity contribution in [3.63, 3.8) is 0 Å². The van der Waals surface area contributed by atoms with E-state index < -0.39 is 0 Å². The van der Waals surface area contributed by atoms with Gasteiger partial charge in [0, 0.05) is 13.1 Å². The maximum atomic E-state index is 12.8. The molecule has 108 valence electrons. The molecule has 2 fully saturated rings. The fourth-order valence-electron chi connectivity index (χ4n) is 3.14. The molecule has 0 aromatic carbocycles. The SMILES string of the molecule is COC(=O)C1CCCCN1C(=O)C1(C)CCCNC1. The van der Waals surface area contributed by atoms with E-state index in [1.165, 1.54) is 7.11 Å². The van der Waals surface area contributed by atoms with E-state index in [2.05, 4.69) is 5.32 Å². The molecule has 2 atom stereocenters. The summed E-state index contributed by atoms with van der Waals surface area (Å²) in [5.74, 6) is -0.171. The zero-order valence-electron chi connectivity index (χ0n) is 11.9. The van der Waals surface area contributed by atoms with Crippen molar-refractivity contribution in [2.45, 2.75) is 45.1 Å². The third kappa shape index (κ3) is 2.91. The molecule has 2 aliphatic heterocycles. The fraction of sp³-hybridized carbons (Fsp3) is 0.857. The van der Waals surface area contributed by atoms with E-state index in [9.17, 15) is 9.59 Å². The molecule has 0 saturated carbocycles. The number of hydrogen-bond acceptors (Lipinski definition) is 4. The minimum Gasteiger partial charge on any atom is -0.467 e. The van der Waals surface area contributed by atoms with Crippen LogP contribution in [0.2, 0.25) is 0 Å². The minimum atomic E-state index is -0.384. The van der Waals surface area contributed by atoms with Crippen LogP contribution in [-0.4, -0.2) is 49.6 Å². The Morgan fingerprint density at radius 1 is 1.32 bits per heavy atom. The van der Waals surface area contributed by atoms with E-state index in [0.29, 0.717) is 13.1 Å². The second-order valence-corrected chi connectivity index (χ2v) is 5.87. The maximum absolute atomic E-state index is 12.8. The summed E-state index contributed by atoms with van der Waals surface area (Å²) in [4.78, 5) is 26.4. The number of hydrogen-bond donors (Lipinski definition) is 1. The molecule has 0 bridgehead atoms. The Morgan fingerprint density at radius 2 is 2.11 bits per heavy atom. The van der Waals surface area contributed by atoms with Crippen molar-refractivity contribution in [1.29, 1.82) is 0 Å².